The van der Waals surface area contributed by atoms with E-state index >= 15 is 0 Å². The van der Waals surface area contributed by atoms with E-state index in [9.17, 15) is 83.8 Å². The van der Waals surface area contributed by atoms with Crippen molar-refractivity contribution < 1.29 is 174 Å². The van der Waals surface area contributed by atoms with E-state index in [1.54, 1.807) is 6.92 Å². The molecule has 0 amide bonds. The van der Waals surface area contributed by atoms with Gasteiger partial charge in [-0.1, -0.05) is 46.3 Å². The molecule has 30 nitrogen and oxygen atoms in total. The van der Waals surface area contributed by atoms with Gasteiger partial charge >= 0.3 is 35.5 Å². The Bertz CT molecular complexity index is 2570. The van der Waals surface area contributed by atoms with Crippen LogP contribution in [-0.2, 0) is 81.0 Å². The number of carbonyl (C=O) groups excluding carboxylic acids is 2. The molecular weight excluding hydrogens is 1220 g/mol. The van der Waals surface area contributed by atoms with E-state index in [1.807, 2.05) is 0 Å². The minimum atomic E-state index is -5.45. The summed E-state index contributed by atoms with van der Waals surface area (Å²) in [5.41, 5.74) is -0.525. The first kappa shape index (κ1) is 73.6. The topological polar surface area (TPSA) is 454 Å². The maximum atomic E-state index is 13.6. The van der Waals surface area contributed by atoms with Crippen LogP contribution >= 0.6 is 0 Å². The van der Waals surface area contributed by atoms with Gasteiger partial charge in [0.2, 0.25) is 10.4 Å². The van der Waals surface area contributed by atoms with Crippen LogP contribution < -0.4 is 29.6 Å². The first-order valence-corrected chi connectivity index (χ1v) is 31.6. The molecule has 12 N–H and O–H groups in total. The summed E-state index contributed by atoms with van der Waals surface area (Å²) in [5.74, 6) is -0.849. The average Bonchev–Trinajstić information content (AvgIpc) is 0.719. The summed E-state index contributed by atoms with van der Waals surface area (Å²) in [4.78, 5) is 25.8. The SMILES string of the molecule is COC1C(O)C(CO)OC(OC2C(O)C(COS(=O)(=O)[O-])OC(OC3COC(OC4CCC5(C)C6=CCC7(C)C(C(C)=O)[C@H](OC(C)=O)CC[C@@]7(C)C6CCC5C4(C)C)C(OC4OC(C)C(OC5OC(CO)C(O)C(O)C5O)C(O)C4O)C3O)C2O)C1O.[Na+]. The first-order chi connectivity index (χ1) is 41.2. The van der Waals surface area contributed by atoms with Gasteiger partial charge in [-0.05, 0) is 92.3 Å². The number of carbonyl (C=O) groups is 2. The van der Waals surface area contributed by atoms with Crippen molar-refractivity contribution in [3.8, 4) is 0 Å². The van der Waals surface area contributed by atoms with Gasteiger partial charge in [-0.3, -0.25) is 13.8 Å². The fourth-order valence-corrected chi connectivity index (χ4v) is 16.8. The third-order valence-electron chi connectivity index (χ3n) is 21.4. The molecule has 0 aromatic rings. The number of methoxy groups -OCH3 is 1. The molecule has 9 aliphatic rings. The van der Waals surface area contributed by atoms with Gasteiger partial charge in [0.1, 0.15) is 122 Å². The van der Waals surface area contributed by atoms with Crippen molar-refractivity contribution in [3.05, 3.63) is 11.6 Å². The van der Waals surface area contributed by atoms with Crippen LogP contribution in [-0.4, -0.2) is 279 Å². The number of esters is 1. The predicted octanol–water partition coefficient (Wildman–Crippen LogP) is -6.60. The molecule has 89 heavy (non-hydrogen) atoms. The van der Waals surface area contributed by atoms with E-state index in [4.69, 9.17) is 56.8 Å². The molecule has 0 aromatic heterocycles. The molecule has 0 bridgehead atoms. The largest absolute Gasteiger partial charge is 1.00 e. The number of hydrogen-bond donors (Lipinski definition) is 12. The van der Waals surface area contributed by atoms with Crippen molar-refractivity contribution >= 4 is 22.2 Å². The van der Waals surface area contributed by atoms with Crippen LogP contribution in [0.2, 0.25) is 0 Å². The minimum absolute atomic E-state index is 0. The van der Waals surface area contributed by atoms with E-state index in [1.165, 1.54) is 19.4 Å². The number of aliphatic hydroxyl groups excluding tert-OH is 12. The summed E-state index contributed by atoms with van der Waals surface area (Å²) in [6.45, 7) is 11.8. The number of allylic oxidation sites excluding steroid dienone is 2. The summed E-state index contributed by atoms with van der Waals surface area (Å²) in [6, 6.07) is 0. The zero-order valence-electron chi connectivity index (χ0n) is 51.7. The molecule has 4 aliphatic carbocycles. The van der Waals surface area contributed by atoms with Crippen LogP contribution in [0, 0.1) is 39.4 Å². The second-order valence-corrected chi connectivity index (χ2v) is 27.8. The van der Waals surface area contributed by atoms with Crippen LogP contribution in [0.5, 0.6) is 0 Å². The molecule has 32 atom stereocenters. The second-order valence-electron chi connectivity index (χ2n) is 26.7. The van der Waals surface area contributed by atoms with E-state index in [0.717, 1.165) is 26.4 Å². The van der Waals surface area contributed by atoms with Crippen molar-refractivity contribution in [1.29, 1.82) is 0 Å². The normalized spacial score (nSPS) is 50.0. The summed E-state index contributed by atoms with van der Waals surface area (Å²) in [7, 11) is -4.32. The Morgan fingerprint density at radius 1 is 0.607 bits per heavy atom. The number of hydrogen-bond acceptors (Lipinski definition) is 30. The zero-order valence-corrected chi connectivity index (χ0v) is 54.5. The smallest absolute Gasteiger partial charge is 0.726 e. The summed E-state index contributed by atoms with van der Waals surface area (Å²) in [6.07, 6.45) is -36.9. The maximum Gasteiger partial charge on any atom is 1.00 e. The molecule has 506 valence electrons. The van der Waals surface area contributed by atoms with Gasteiger partial charge in [0.05, 0.1) is 44.6 Å². The zero-order chi connectivity index (χ0) is 64.7. The molecule has 32 heteroatoms. The molecule has 3 saturated carbocycles. The number of ether oxygens (including phenoxy) is 12. The molecule has 0 aromatic carbocycles. The third kappa shape index (κ3) is 13.9. The van der Waals surface area contributed by atoms with Crippen LogP contribution in [0.25, 0.3) is 0 Å². The number of rotatable bonds is 18. The molecule has 5 saturated heterocycles. The summed E-state index contributed by atoms with van der Waals surface area (Å²) < 4.78 is 111. The Morgan fingerprint density at radius 2 is 1.17 bits per heavy atom. The van der Waals surface area contributed by atoms with Gasteiger partial charge in [0, 0.05) is 14.0 Å². The fourth-order valence-electron chi connectivity index (χ4n) is 16.5. The van der Waals surface area contributed by atoms with E-state index in [0.29, 0.717) is 25.7 Å². The molecule has 5 heterocycles. The maximum absolute atomic E-state index is 13.6. The molecule has 8 fully saturated rings. The van der Waals surface area contributed by atoms with Gasteiger partial charge in [0.15, 0.2) is 31.5 Å². The number of aliphatic hydroxyl groups is 12. The average molecular weight is 1310 g/mol. The van der Waals surface area contributed by atoms with Crippen molar-refractivity contribution in [2.45, 2.75) is 260 Å². The molecule has 5 aliphatic heterocycles. The predicted molar refractivity (Wildman–Crippen MR) is 290 cm³/mol. The van der Waals surface area contributed by atoms with Gasteiger partial charge in [-0.25, -0.2) is 8.42 Å². The summed E-state index contributed by atoms with van der Waals surface area (Å²) >= 11 is 0. The van der Waals surface area contributed by atoms with E-state index in [2.05, 4.69) is 44.9 Å². The number of ketones is 1. The van der Waals surface area contributed by atoms with Crippen LogP contribution in [0.4, 0.5) is 0 Å². The Labute approximate surface area is 538 Å². The third-order valence-corrected chi connectivity index (χ3v) is 21.8. The monoisotopic (exact) mass is 1310 g/mol. The Hall–Kier alpha value is -1.17. The Kier molecular flexibility index (Phi) is 23.6. The van der Waals surface area contributed by atoms with Crippen LogP contribution in [0.1, 0.15) is 100 Å². The van der Waals surface area contributed by atoms with Gasteiger partial charge in [0.25, 0.3) is 0 Å². The Balaban J connectivity index is 0.0000102. The quantitative estimate of drug-likeness (QED) is 0.0152. The first-order valence-electron chi connectivity index (χ1n) is 30.2. The van der Waals surface area contributed by atoms with Crippen molar-refractivity contribution in [3.63, 3.8) is 0 Å². The van der Waals surface area contributed by atoms with Crippen molar-refractivity contribution in [1.82, 2.24) is 0 Å². The Morgan fingerprint density at radius 3 is 1.79 bits per heavy atom. The molecule has 9 rings (SSSR count). The molecule has 0 radical (unpaired) electrons. The van der Waals surface area contributed by atoms with Gasteiger partial charge in [-0.15, -0.1) is 0 Å². The number of Topliss-reactive ketones (excluding diaryl/α,β-unsaturated/α-hetero) is 1. The minimum Gasteiger partial charge on any atom is -0.726 e. The number of fused-ring (bicyclic) bond motifs is 5. The van der Waals surface area contributed by atoms with E-state index in [-0.39, 0.29) is 58.0 Å². The van der Waals surface area contributed by atoms with Crippen LogP contribution in [0.15, 0.2) is 11.6 Å². The van der Waals surface area contributed by atoms with E-state index < -0.39 is 219 Å². The summed E-state index contributed by atoms with van der Waals surface area (Å²) in [5, 5.41) is 132. The molecule has 30 unspecified atom stereocenters. The standard InChI is InChI=1S/C57H92O30S.Na/c1-22(60)34-27(79-24(3)61)13-17-56(7)26-10-11-32-54(4,5)33(14-15-55(32,6)25(26)12-16-57(34,56)8)84-53-48(87-49-42(69)40(67)45(23(2)78-49)85-50-41(68)39(66)35(62)28(18-58)80-50)38(65)30(20-76-53)82-51-44(71)47(37(64)31(83-51)21-77-88(72,73)74)86-52-43(70)46(75-9)36(63)29(19-59)81-52;/h12,23,26-53,58-59,62-71H,10-11,13-21H2,1-9H3,(H,72,73,74);/q;+1/p-1/t23?,26?,27-,28?,29?,30?,31?,32?,33?,34?,35?,36?,37?,38?,39?,40?,41?,42?,43?,44?,45?,46?,47?,48?,49?,50?,51?,52?,53?,55?,56+,57?;/m1./s1. The van der Waals surface area contributed by atoms with Gasteiger partial charge < -0.3 is 123 Å². The molecular formula is C57H91NaO30S. The fraction of sp³-hybridized carbons (Fsp3) is 0.930. The van der Waals surface area contributed by atoms with Crippen molar-refractivity contribution in [2.24, 2.45) is 39.4 Å². The van der Waals surface area contributed by atoms with Gasteiger partial charge in [-0.2, -0.15) is 0 Å². The molecule has 0 spiro atoms. The second kappa shape index (κ2) is 28.5. The van der Waals surface area contributed by atoms with Crippen LogP contribution in [0.3, 0.4) is 0 Å². The van der Waals surface area contributed by atoms with Crippen molar-refractivity contribution in [2.75, 3.05) is 33.5 Å².